The average Bonchev–Trinajstić information content (AvgIpc) is 2.90. The van der Waals surface area contributed by atoms with Gasteiger partial charge in [-0.25, -0.2) is 4.79 Å². The van der Waals surface area contributed by atoms with E-state index >= 15 is 0 Å². The lowest BCUT2D eigenvalue weighted by Crippen LogP contribution is -2.64. The molecule has 0 amide bonds. The van der Waals surface area contributed by atoms with Crippen molar-refractivity contribution in [1.82, 2.24) is 0 Å². The van der Waals surface area contributed by atoms with Crippen molar-refractivity contribution >= 4 is 64.2 Å². The van der Waals surface area contributed by atoms with E-state index in [-0.39, 0.29) is 12.2 Å². The summed E-state index contributed by atoms with van der Waals surface area (Å²) in [6.07, 6.45) is -6.91. The second-order valence-electron chi connectivity index (χ2n) is 7.99. The van der Waals surface area contributed by atoms with Gasteiger partial charge in [-0.3, -0.25) is 10.2 Å². The average molecular weight is 593 g/mol. The zero-order chi connectivity index (χ0) is 26.6. The van der Waals surface area contributed by atoms with Crippen LogP contribution in [0.15, 0.2) is 60.7 Å². The van der Waals surface area contributed by atoms with Crippen LogP contribution in [0.2, 0.25) is 0 Å². The number of halogens is 4. The molecular formula is C24H21Cl4NO8. The Morgan fingerprint density at radius 2 is 1.57 bits per heavy atom. The molecule has 2 saturated heterocycles. The summed E-state index contributed by atoms with van der Waals surface area (Å²) in [4.78, 5) is 25.3. The molecule has 0 aliphatic carbocycles. The summed E-state index contributed by atoms with van der Waals surface area (Å²) in [5.74, 6) is -2.87. The lowest BCUT2D eigenvalue weighted by Gasteiger charge is -2.48. The van der Waals surface area contributed by atoms with E-state index in [1.54, 1.807) is 30.3 Å². The van der Waals surface area contributed by atoms with Crippen LogP contribution in [0.3, 0.4) is 0 Å². The molecule has 198 valence electrons. The van der Waals surface area contributed by atoms with E-state index in [1.807, 2.05) is 18.2 Å². The molecule has 9 nitrogen and oxygen atoms in total. The van der Waals surface area contributed by atoms with Gasteiger partial charge >= 0.3 is 11.9 Å². The SMILES string of the molecule is N=C(O[C@@H]1O[C@@H]2COC(c3ccccc3)O[C@H]2[C@H](OC(=O)CCl)[C@H]1OC(=O)c1ccccc1)C(Cl)(Cl)Cl. The summed E-state index contributed by atoms with van der Waals surface area (Å²) in [5, 5.41) is 8.00. The van der Waals surface area contributed by atoms with Crippen LogP contribution in [0.5, 0.6) is 0 Å². The van der Waals surface area contributed by atoms with Crippen molar-refractivity contribution in [3.63, 3.8) is 0 Å². The van der Waals surface area contributed by atoms with Crippen molar-refractivity contribution < 1.29 is 38.0 Å². The number of esters is 2. The van der Waals surface area contributed by atoms with Crippen LogP contribution in [0.1, 0.15) is 22.2 Å². The van der Waals surface area contributed by atoms with Gasteiger partial charge in [0.1, 0.15) is 18.1 Å². The fourth-order valence-electron chi connectivity index (χ4n) is 3.81. The number of hydrogen-bond acceptors (Lipinski definition) is 9. The summed E-state index contributed by atoms with van der Waals surface area (Å²) in [6.45, 7) is -0.0144. The third-order valence-corrected chi connectivity index (χ3v) is 6.21. The summed E-state index contributed by atoms with van der Waals surface area (Å²) < 4.78 is 32.4. The first-order valence-corrected chi connectivity index (χ1v) is 12.7. The maximum atomic E-state index is 13.0. The van der Waals surface area contributed by atoms with E-state index in [0.29, 0.717) is 5.56 Å². The molecule has 4 rings (SSSR count). The van der Waals surface area contributed by atoms with Crippen molar-refractivity contribution in [2.75, 3.05) is 12.5 Å². The normalized spacial score (nSPS) is 27.5. The minimum Gasteiger partial charge on any atom is -0.454 e. The standard InChI is InChI=1S/C24H21Cl4NO8/c25-11-16(30)34-18-17-15(12-32-21(36-17)14-9-5-2-6-10-14)33-22(37-23(29)24(26,27)28)19(18)35-20(31)13-7-3-1-4-8-13/h1-10,15,17-19,21-22,29H,11-12H2/t15-,17-,18+,19-,21?,22+/m1/s1. The second-order valence-corrected chi connectivity index (χ2v) is 10.5. The van der Waals surface area contributed by atoms with Crippen LogP contribution in [-0.4, -0.2) is 64.8 Å². The summed E-state index contributed by atoms with van der Waals surface area (Å²) in [7, 11) is 0. The molecule has 37 heavy (non-hydrogen) atoms. The number of hydrogen-bond donors (Lipinski definition) is 1. The van der Waals surface area contributed by atoms with Crippen molar-refractivity contribution in [3.05, 3.63) is 71.8 Å². The van der Waals surface area contributed by atoms with E-state index < -0.39 is 64.5 Å². The van der Waals surface area contributed by atoms with E-state index in [0.717, 1.165) is 0 Å². The van der Waals surface area contributed by atoms with Gasteiger partial charge in [0.25, 0.3) is 3.79 Å². The van der Waals surface area contributed by atoms with Gasteiger partial charge in [0.15, 0.2) is 12.4 Å². The first-order chi connectivity index (χ1) is 17.7. The Bertz CT molecular complexity index is 1100. The Labute approximate surface area is 232 Å². The van der Waals surface area contributed by atoms with Gasteiger partial charge in [-0.2, -0.15) is 0 Å². The molecule has 0 radical (unpaired) electrons. The maximum absolute atomic E-state index is 13.0. The zero-order valence-corrected chi connectivity index (χ0v) is 22.0. The Balaban J connectivity index is 1.67. The van der Waals surface area contributed by atoms with Gasteiger partial charge in [0, 0.05) is 5.56 Å². The number of nitrogens with one attached hydrogen (secondary N) is 1. The molecular weight excluding hydrogens is 572 g/mol. The highest BCUT2D eigenvalue weighted by Crippen LogP contribution is 2.38. The molecule has 1 N–H and O–H groups in total. The molecule has 0 aromatic heterocycles. The topological polar surface area (TPSA) is 113 Å². The van der Waals surface area contributed by atoms with Crippen molar-refractivity contribution in [2.24, 2.45) is 0 Å². The third kappa shape index (κ3) is 6.86. The number of rotatable bonds is 6. The lowest BCUT2D eigenvalue weighted by atomic mass is 9.97. The van der Waals surface area contributed by atoms with Gasteiger partial charge in [0.05, 0.1) is 12.2 Å². The van der Waals surface area contributed by atoms with Crippen molar-refractivity contribution in [2.45, 2.75) is 40.8 Å². The van der Waals surface area contributed by atoms with Gasteiger partial charge in [-0.15, -0.1) is 11.6 Å². The second kappa shape index (κ2) is 12.2. The molecule has 0 spiro atoms. The smallest absolute Gasteiger partial charge is 0.338 e. The van der Waals surface area contributed by atoms with Crippen LogP contribution in [0.4, 0.5) is 0 Å². The predicted octanol–water partition coefficient (Wildman–Crippen LogP) is 4.57. The first-order valence-electron chi connectivity index (χ1n) is 11.0. The highest BCUT2D eigenvalue weighted by Gasteiger charge is 2.55. The van der Waals surface area contributed by atoms with Crippen LogP contribution < -0.4 is 0 Å². The minimum absolute atomic E-state index is 0.0144. The Hall–Kier alpha value is -2.11. The van der Waals surface area contributed by atoms with Gasteiger partial charge < -0.3 is 28.4 Å². The van der Waals surface area contributed by atoms with E-state index in [9.17, 15) is 9.59 Å². The van der Waals surface area contributed by atoms with Crippen LogP contribution in [0, 0.1) is 5.41 Å². The number of alkyl halides is 4. The number of benzene rings is 2. The summed E-state index contributed by atoms with van der Waals surface area (Å²) in [6, 6.07) is 17.1. The number of carbonyl (C=O) groups excluding carboxylic acids is 2. The maximum Gasteiger partial charge on any atom is 0.338 e. The molecule has 13 heteroatoms. The predicted molar refractivity (Wildman–Crippen MR) is 134 cm³/mol. The fraction of sp³-hybridized carbons (Fsp3) is 0.375. The van der Waals surface area contributed by atoms with E-state index in [1.165, 1.54) is 12.1 Å². The van der Waals surface area contributed by atoms with Crippen LogP contribution in [-0.2, 0) is 33.2 Å². The lowest BCUT2D eigenvalue weighted by molar-refractivity contribution is -0.351. The molecule has 0 bridgehead atoms. The molecule has 2 aromatic carbocycles. The number of carbonyl (C=O) groups is 2. The summed E-state index contributed by atoms with van der Waals surface area (Å²) in [5.41, 5.74) is 0.912. The molecule has 6 atom stereocenters. The van der Waals surface area contributed by atoms with Gasteiger partial charge in [-0.05, 0) is 12.1 Å². The largest absolute Gasteiger partial charge is 0.454 e. The fourth-order valence-corrected chi connectivity index (χ4v) is 4.01. The molecule has 1 unspecified atom stereocenters. The monoisotopic (exact) mass is 591 g/mol. The minimum atomic E-state index is -2.24. The molecule has 2 fully saturated rings. The zero-order valence-electron chi connectivity index (χ0n) is 18.9. The third-order valence-electron chi connectivity index (χ3n) is 5.48. The quantitative estimate of drug-likeness (QED) is 0.225. The highest BCUT2D eigenvalue weighted by molar-refractivity contribution is 6.76. The molecule has 2 heterocycles. The van der Waals surface area contributed by atoms with Crippen molar-refractivity contribution in [3.8, 4) is 0 Å². The molecule has 0 saturated carbocycles. The summed E-state index contributed by atoms with van der Waals surface area (Å²) >= 11 is 23.1. The van der Waals surface area contributed by atoms with Gasteiger partial charge in [0.2, 0.25) is 18.3 Å². The Kier molecular flexibility index (Phi) is 9.18. The van der Waals surface area contributed by atoms with E-state index in [2.05, 4.69) is 0 Å². The number of fused-ring (bicyclic) bond motifs is 1. The molecule has 2 aliphatic rings. The molecule has 2 aliphatic heterocycles. The van der Waals surface area contributed by atoms with Crippen molar-refractivity contribution in [1.29, 1.82) is 5.41 Å². The highest BCUT2D eigenvalue weighted by atomic mass is 35.6. The van der Waals surface area contributed by atoms with E-state index in [4.69, 9.17) is 80.2 Å². The Morgan fingerprint density at radius 3 is 2.19 bits per heavy atom. The Morgan fingerprint density at radius 1 is 0.919 bits per heavy atom. The van der Waals surface area contributed by atoms with Crippen LogP contribution in [0.25, 0.3) is 0 Å². The van der Waals surface area contributed by atoms with Crippen LogP contribution >= 0.6 is 46.4 Å². The first kappa shape index (κ1) is 27.9. The molecule has 2 aromatic rings. The number of ether oxygens (including phenoxy) is 6. The van der Waals surface area contributed by atoms with Gasteiger partial charge in [-0.1, -0.05) is 83.3 Å².